The smallest absolute Gasteiger partial charge is 0.227 e. The van der Waals surface area contributed by atoms with Crippen LogP contribution in [-0.4, -0.2) is 28.3 Å². The molecule has 1 saturated heterocycles. The van der Waals surface area contributed by atoms with E-state index in [0.717, 1.165) is 11.3 Å². The van der Waals surface area contributed by atoms with Crippen molar-refractivity contribution in [2.45, 2.75) is 37.1 Å². The molecule has 0 saturated carbocycles. The van der Waals surface area contributed by atoms with E-state index < -0.39 is 0 Å². The molecule has 2 amide bonds. The number of hydrogen-bond donors (Lipinski definition) is 3. The zero-order valence-electron chi connectivity index (χ0n) is 14.1. The highest BCUT2D eigenvalue weighted by Crippen LogP contribution is 2.20. The summed E-state index contributed by atoms with van der Waals surface area (Å²) in [6.07, 6.45) is 0.442. The number of thioether (sulfide) groups is 1. The van der Waals surface area contributed by atoms with Crippen LogP contribution in [-0.2, 0) is 15.3 Å². The molecule has 1 aliphatic heterocycles. The number of aromatic nitrogens is 1. The molecule has 1 aromatic heterocycles. The van der Waals surface area contributed by atoms with Gasteiger partial charge < -0.3 is 10.6 Å². The number of carbonyl (C=O) groups is 2. The van der Waals surface area contributed by atoms with Crippen LogP contribution in [0.2, 0.25) is 0 Å². The Morgan fingerprint density at radius 3 is 2.88 bits per heavy atom. The number of aryl methyl sites for hydroxylation is 1. The van der Waals surface area contributed by atoms with E-state index in [1.54, 1.807) is 12.1 Å². The van der Waals surface area contributed by atoms with Gasteiger partial charge in [0.05, 0.1) is 5.69 Å². The van der Waals surface area contributed by atoms with Crippen LogP contribution in [0.1, 0.15) is 24.1 Å². The van der Waals surface area contributed by atoms with Gasteiger partial charge in [0.1, 0.15) is 11.3 Å². The number of rotatable bonds is 6. The molecule has 26 heavy (non-hydrogen) atoms. The second kappa shape index (κ2) is 8.61. The molecule has 1 aromatic carbocycles. The molecule has 0 bridgehead atoms. The Kier molecular flexibility index (Phi) is 6.23. The van der Waals surface area contributed by atoms with Crippen molar-refractivity contribution >= 4 is 40.0 Å². The summed E-state index contributed by atoms with van der Waals surface area (Å²) in [4.78, 5) is 28.3. The molecular formula is C17H19FN4O2S2. The van der Waals surface area contributed by atoms with Crippen molar-refractivity contribution in [3.8, 4) is 0 Å². The van der Waals surface area contributed by atoms with E-state index in [0.29, 0.717) is 10.9 Å². The fraction of sp³-hybridized carbons (Fsp3) is 0.353. The number of halogens is 1. The average molecular weight is 394 g/mol. The first-order chi connectivity index (χ1) is 12.5. The maximum Gasteiger partial charge on any atom is 0.227 e. The molecule has 9 heteroatoms. The third-order valence-electron chi connectivity index (χ3n) is 3.74. The molecular weight excluding hydrogens is 375 g/mol. The van der Waals surface area contributed by atoms with Gasteiger partial charge in [-0.2, -0.15) is 0 Å². The summed E-state index contributed by atoms with van der Waals surface area (Å²) >= 11 is 2.86. The van der Waals surface area contributed by atoms with Crippen molar-refractivity contribution in [1.82, 2.24) is 15.6 Å². The van der Waals surface area contributed by atoms with Crippen molar-refractivity contribution in [2.75, 3.05) is 5.32 Å². The lowest BCUT2D eigenvalue weighted by Crippen LogP contribution is -2.55. The summed E-state index contributed by atoms with van der Waals surface area (Å²) in [6, 6.07) is 6.02. The molecule has 3 rings (SSSR count). The number of benzene rings is 1. The Bertz CT molecular complexity index is 781. The van der Waals surface area contributed by atoms with Crippen molar-refractivity contribution in [3.05, 3.63) is 46.7 Å². The topological polar surface area (TPSA) is 83.1 Å². The molecule has 0 aliphatic carbocycles. The van der Waals surface area contributed by atoms with E-state index in [4.69, 9.17) is 0 Å². The van der Waals surface area contributed by atoms with Crippen LogP contribution in [0.4, 0.5) is 9.52 Å². The first kappa shape index (κ1) is 18.8. The van der Waals surface area contributed by atoms with Crippen LogP contribution in [0.5, 0.6) is 0 Å². The van der Waals surface area contributed by atoms with Gasteiger partial charge in [-0.15, -0.1) is 23.1 Å². The number of thiazole rings is 1. The molecule has 138 valence electrons. The molecule has 6 nitrogen and oxygen atoms in total. The Morgan fingerprint density at radius 1 is 1.42 bits per heavy atom. The molecule has 1 fully saturated rings. The normalized spacial score (nSPS) is 19.8. The van der Waals surface area contributed by atoms with Gasteiger partial charge in [0.25, 0.3) is 0 Å². The summed E-state index contributed by atoms with van der Waals surface area (Å²) in [5, 5.41) is 11.3. The molecule has 2 heterocycles. The van der Waals surface area contributed by atoms with Crippen molar-refractivity contribution < 1.29 is 14.0 Å². The number of nitrogens with one attached hydrogen (secondary N) is 3. The highest BCUT2D eigenvalue weighted by Gasteiger charge is 2.27. The third kappa shape index (κ3) is 5.52. The van der Waals surface area contributed by atoms with E-state index in [2.05, 4.69) is 20.9 Å². The number of amides is 2. The van der Waals surface area contributed by atoms with Crippen LogP contribution in [0.25, 0.3) is 0 Å². The lowest BCUT2D eigenvalue weighted by molar-refractivity contribution is -0.124. The van der Waals surface area contributed by atoms with E-state index >= 15 is 0 Å². The minimum absolute atomic E-state index is 0.0942. The van der Waals surface area contributed by atoms with Crippen molar-refractivity contribution in [1.29, 1.82) is 0 Å². The zero-order chi connectivity index (χ0) is 18.5. The summed E-state index contributed by atoms with van der Waals surface area (Å²) in [5.74, 6) is 0.0802. The van der Waals surface area contributed by atoms with Crippen molar-refractivity contribution in [2.24, 2.45) is 0 Å². The van der Waals surface area contributed by atoms with Gasteiger partial charge in [0.2, 0.25) is 11.8 Å². The zero-order valence-corrected chi connectivity index (χ0v) is 15.8. The monoisotopic (exact) mass is 394 g/mol. The maximum absolute atomic E-state index is 12.9. The number of carbonyl (C=O) groups excluding carboxylic acids is 2. The van der Waals surface area contributed by atoms with Crippen molar-refractivity contribution in [3.63, 3.8) is 0 Å². The van der Waals surface area contributed by atoms with Gasteiger partial charge in [-0.25, -0.2) is 9.37 Å². The molecule has 2 aromatic rings. The number of hydrogen-bond acceptors (Lipinski definition) is 6. The summed E-state index contributed by atoms with van der Waals surface area (Å²) < 4.78 is 12.9. The quantitative estimate of drug-likeness (QED) is 0.702. The van der Waals surface area contributed by atoms with Crippen LogP contribution >= 0.6 is 23.1 Å². The van der Waals surface area contributed by atoms with Gasteiger partial charge in [0.15, 0.2) is 5.13 Å². The highest BCUT2D eigenvalue weighted by atomic mass is 32.2. The van der Waals surface area contributed by atoms with Crippen LogP contribution in [0, 0.1) is 12.7 Å². The predicted octanol–water partition coefficient (Wildman–Crippen LogP) is 2.61. The molecule has 3 N–H and O–H groups in total. The standard InChI is InChI=1S/C17H19FN4O2S2/c1-10-8-25-16(19-10)21-14(23)6-13-7-15(24)22-17(20-13)26-9-11-2-4-12(18)5-3-11/h2-5,8,13,17,20H,6-7,9H2,1H3,(H,22,24)(H,19,21,23). The highest BCUT2D eigenvalue weighted by molar-refractivity contribution is 7.99. The van der Waals surface area contributed by atoms with Gasteiger partial charge in [-0.05, 0) is 24.6 Å². The van der Waals surface area contributed by atoms with Gasteiger partial charge in [-0.1, -0.05) is 12.1 Å². The molecule has 2 unspecified atom stereocenters. The second-order valence-corrected chi connectivity index (χ2v) is 7.95. The first-order valence-corrected chi connectivity index (χ1v) is 10.0. The van der Waals surface area contributed by atoms with Gasteiger partial charge in [-0.3, -0.25) is 14.9 Å². The van der Waals surface area contributed by atoms with E-state index in [1.807, 2.05) is 12.3 Å². The number of nitrogens with zero attached hydrogens (tertiary/aromatic N) is 1. The third-order valence-corrected chi connectivity index (χ3v) is 5.70. The predicted molar refractivity (Wildman–Crippen MR) is 101 cm³/mol. The van der Waals surface area contributed by atoms with E-state index in [-0.39, 0.29) is 42.0 Å². The van der Waals surface area contributed by atoms with E-state index in [1.165, 1.54) is 35.2 Å². The lowest BCUT2D eigenvalue weighted by atomic mass is 10.1. The first-order valence-electron chi connectivity index (χ1n) is 8.11. The minimum Gasteiger partial charge on any atom is -0.332 e. The van der Waals surface area contributed by atoms with Crippen LogP contribution in [0.3, 0.4) is 0 Å². The van der Waals surface area contributed by atoms with Crippen LogP contribution in [0.15, 0.2) is 29.6 Å². The average Bonchev–Trinajstić information content (AvgIpc) is 2.98. The maximum atomic E-state index is 12.9. The minimum atomic E-state index is -0.291. The number of anilines is 1. The Hall–Kier alpha value is -1.97. The fourth-order valence-electron chi connectivity index (χ4n) is 2.53. The van der Waals surface area contributed by atoms with Crippen LogP contribution < -0.4 is 16.0 Å². The lowest BCUT2D eigenvalue weighted by Gasteiger charge is -2.30. The SMILES string of the molecule is Cc1csc(NC(=O)CC2CC(=O)NC(SCc3ccc(F)cc3)N2)n1. The molecule has 0 spiro atoms. The van der Waals surface area contributed by atoms with E-state index in [9.17, 15) is 14.0 Å². The Labute approximate surface area is 159 Å². The Balaban J connectivity index is 1.49. The summed E-state index contributed by atoms with van der Waals surface area (Å²) in [6.45, 7) is 1.86. The Morgan fingerprint density at radius 2 is 2.19 bits per heavy atom. The fourth-order valence-corrected chi connectivity index (χ4v) is 4.29. The summed E-state index contributed by atoms with van der Waals surface area (Å²) in [7, 11) is 0. The largest absolute Gasteiger partial charge is 0.332 e. The van der Waals surface area contributed by atoms with Gasteiger partial charge >= 0.3 is 0 Å². The second-order valence-electron chi connectivity index (χ2n) is 6.00. The molecule has 2 atom stereocenters. The summed E-state index contributed by atoms with van der Waals surface area (Å²) in [5.41, 5.74) is 1.53. The molecule has 0 radical (unpaired) electrons. The molecule has 1 aliphatic rings. The van der Waals surface area contributed by atoms with Gasteiger partial charge in [0, 0.05) is 30.0 Å².